The first-order chi connectivity index (χ1) is 13.2. The number of rotatable bonds is 7. The summed E-state index contributed by atoms with van der Waals surface area (Å²) in [5.74, 6) is 0.208. The van der Waals surface area contributed by atoms with Gasteiger partial charge in [0.2, 0.25) is 0 Å². The smallest absolute Gasteiger partial charge is 0.312 e. The van der Waals surface area contributed by atoms with E-state index >= 15 is 0 Å². The Kier molecular flexibility index (Phi) is 6.91. The van der Waals surface area contributed by atoms with Gasteiger partial charge >= 0.3 is 6.18 Å². The zero-order valence-electron chi connectivity index (χ0n) is 15.6. The second kappa shape index (κ2) is 9.03. The van der Waals surface area contributed by atoms with Gasteiger partial charge in [-0.3, -0.25) is 4.90 Å². The van der Waals surface area contributed by atoms with Crippen molar-refractivity contribution in [3.05, 3.63) is 51.3 Å². The van der Waals surface area contributed by atoms with Crippen LogP contribution in [0.2, 0.25) is 10.2 Å². The number of hydrogen-bond acceptors (Lipinski definition) is 3. The standard InChI is InChI=1S/C19H23Cl2F3N4/c1-13-16(9-25-8-14-6-7-27(10-14)12-19(22,23)24)18(21)28(26-13)11-15-4-2-3-5-17(15)20/h2-5,14,25H,6-12H2,1H3. The minimum atomic E-state index is -4.14. The predicted octanol–water partition coefficient (Wildman–Crippen LogP) is 4.52. The molecule has 28 heavy (non-hydrogen) atoms. The molecule has 1 fully saturated rings. The molecule has 0 radical (unpaired) electrons. The molecule has 154 valence electrons. The second-order valence-electron chi connectivity index (χ2n) is 7.24. The Bertz CT molecular complexity index is 807. The van der Waals surface area contributed by atoms with Gasteiger partial charge in [0.15, 0.2) is 0 Å². The summed E-state index contributed by atoms with van der Waals surface area (Å²) >= 11 is 12.7. The molecule has 0 spiro atoms. The monoisotopic (exact) mass is 434 g/mol. The Labute approximate surface area is 172 Å². The molecular formula is C19H23Cl2F3N4. The number of aryl methyl sites for hydroxylation is 1. The predicted molar refractivity (Wildman–Crippen MR) is 105 cm³/mol. The van der Waals surface area contributed by atoms with Crippen LogP contribution < -0.4 is 5.32 Å². The average molecular weight is 435 g/mol. The van der Waals surface area contributed by atoms with Crippen LogP contribution in [0.15, 0.2) is 24.3 Å². The Hall–Kier alpha value is -1.28. The fraction of sp³-hybridized carbons (Fsp3) is 0.526. The lowest BCUT2D eigenvalue weighted by Gasteiger charge is -2.18. The molecule has 1 aliphatic heterocycles. The first-order valence-corrected chi connectivity index (χ1v) is 9.93. The maximum Gasteiger partial charge on any atom is 0.401 e. The van der Waals surface area contributed by atoms with E-state index in [1.54, 1.807) is 4.68 Å². The summed E-state index contributed by atoms with van der Waals surface area (Å²) in [4.78, 5) is 1.46. The molecule has 1 saturated heterocycles. The van der Waals surface area contributed by atoms with Gasteiger partial charge in [-0.15, -0.1) is 0 Å². The lowest BCUT2D eigenvalue weighted by molar-refractivity contribution is -0.143. The Morgan fingerprint density at radius 2 is 2.00 bits per heavy atom. The van der Waals surface area contributed by atoms with Crippen LogP contribution in [0, 0.1) is 12.8 Å². The van der Waals surface area contributed by atoms with E-state index < -0.39 is 12.7 Å². The zero-order valence-corrected chi connectivity index (χ0v) is 17.1. The van der Waals surface area contributed by atoms with Crippen molar-refractivity contribution in [2.45, 2.75) is 32.6 Å². The highest BCUT2D eigenvalue weighted by Crippen LogP contribution is 2.25. The maximum atomic E-state index is 12.5. The summed E-state index contributed by atoms with van der Waals surface area (Å²) in [6.45, 7) is 3.68. The molecular weight excluding hydrogens is 412 g/mol. The van der Waals surface area contributed by atoms with E-state index in [1.807, 2.05) is 31.2 Å². The van der Waals surface area contributed by atoms with E-state index in [0.717, 1.165) is 23.2 Å². The van der Waals surface area contributed by atoms with Crippen LogP contribution in [-0.2, 0) is 13.1 Å². The van der Waals surface area contributed by atoms with Crippen molar-refractivity contribution in [3.8, 4) is 0 Å². The third-order valence-electron chi connectivity index (χ3n) is 4.97. The maximum absolute atomic E-state index is 12.5. The average Bonchev–Trinajstić information content (AvgIpc) is 3.14. The summed E-state index contributed by atoms with van der Waals surface area (Å²) < 4.78 is 39.2. The van der Waals surface area contributed by atoms with Gasteiger partial charge in [-0.05, 0) is 44.0 Å². The van der Waals surface area contributed by atoms with E-state index in [-0.39, 0.29) is 5.92 Å². The topological polar surface area (TPSA) is 33.1 Å². The van der Waals surface area contributed by atoms with Gasteiger partial charge < -0.3 is 5.32 Å². The summed E-state index contributed by atoms with van der Waals surface area (Å²) in [6, 6.07) is 7.54. The lowest BCUT2D eigenvalue weighted by atomic mass is 10.1. The highest BCUT2D eigenvalue weighted by molar-refractivity contribution is 6.31. The van der Waals surface area contributed by atoms with Gasteiger partial charge in [-0.25, -0.2) is 4.68 Å². The molecule has 1 N–H and O–H groups in total. The Balaban J connectivity index is 1.53. The number of nitrogens with zero attached hydrogens (tertiary/aromatic N) is 3. The second-order valence-corrected chi connectivity index (χ2v) is 8.00. The molecule has 1 atom stereocenters. The fourth-order valence-corrected chi connectivity index (χ4v) is 4.06. The molecule has 1 unspecified atom stereocenters. The number of benzene rings is 1. The minimum Gasteiger partial charge on any atom is -0.312 e. The van der Waals surface area contributed by atoms with E-state index in [4.69, 9.17) is 23.2 Å². The zero-order chi connectivity index (χ0) is 20.3. The number of aromatic nitrogens is 2. The van der Waals surface area contributed by atoms with Crippen LogP contribution in [0.5, 0.6) is 0 Å². The number of nitrogens with one attached hydrogen (secondary N) is 1. The molecule has 2 aromatic rings. The van der Waals surface area contributed by atoms with Crippen molar-refractivity contribution >= 4 is 23.2 Å². The van der Waals surface area contributed by atoms with E-state index in [9.17, 15) is 13.2 Å². The molecule has 0 aliphatic carbocycles. The third-order valence-corrected chi connectivity index (χ3v) is 5.76. The summed E-state index contributed by atoms with van der Waals surface area (Å²) in [6.07, 6.45) is -3.37. The normalized spacial score (nSPS) is 18.1. The Morgan fingerprint density at radius 3 is 2.71 bits per heavy atom. The summed E-state index contributed by atoms with van der Waals surface area (Å²) in [7, 11) is 0. The molecule has 1 aromatic carbocycles. The fourth-order valence-electron chi connectivity index (χ4n) is 3.56. The minimum absolute atomic E-state index is 0.208. The van der Waals surface area contributed by atoms with E-state index in [0.29, 0.717) is 42.9 Å². The van der Waals surface area contributed by atoms with Crippen LogP contribution in [0.25, 0.3) is 0 Å². The van der Waals surface area contributed by atoms with Crippen LogP contribution in [0.3, 0.4) is 0 Å². The van der Waals surface area contributed by atoms with Gasteiger partial charge in [0.1, 0.15) is 5.15 Å². The van der Waals surface area contributed by atoms with Crippen molar-refractivity contribution in [2.75, 3.05) is 26.2 Å². The van der Waals surface area contributed by atoms with Crippen molar-refractivity contribution in [1.82, 2.24) is 20.0 Å². The number of hydrogen-bond donors (Lipinski definition) is 1. The largest absolute Gasteiger partial charge is 0.401 e. The summed E-state index contributed by atoms with van der Waals surface area (Å²) in [5.41, 5.74) is 2.66. The third kappa shape index (κ3) is 5.63. The molecule has 0 saturated carbocycles. The molecule has 4 nitrogen and oxygen atoms in total. The molecule has 9 heteroatoms. The van der Waals surface area contributed by atoms with Crippen LogP contribution >= 0.6 is 23.2 Å². The van der Waals surface area contributed by atoms with Gasteiger partial charge in [0.05, 0.1) is 18.8 Å². The molecule has 2 heterocycles. The number of alkyl halides is 3. The molecule has 1 aliphatic rings. The first-order valence-electron chi connectivity index (χ1n) is 9.18. The van der Waals surface area contributed by atoms with Gasteiger partial charge in [-0.1, -0.05) is 41.4 Å². The lowest BCUT2D eigenvalue weighted by Crippen LogP contribution is -2.33. The van der Waals surface area contributed by atoms with E-state index in [2.05, 4.69) is 10.4 Å². The van der Waals surface area contributed by atoms with Crippen molar-refractivity contribution in [2.24, 2.45) is 5.92 Å². The molecule has 0 amide bonds. The van der Waals surface area contributed by atoms with Crippen LogP contribution in [0.1, 0.15) is 23.2 Å². The van der Waals surface area contributed by atoms with Crippen LogP contribution in [-0.4, -0.2) is 47.0 Å². The number of likely N-dealkylation sites (tertiary alicyclic amines) is 1. The van der Waals surface area contributed by atoms with Crippen molar-refractivity contribution in [1.29, 1.82) is 0 Å². The molecule has 1 aromatic heterocycles. The molecule has 3 rings (SSSR count). The van der Waals surface area contributed by atoms with Gasteiger partial charge in [0, 0.05) is 23.7 Å². The van der Waals surface area contributed by atoms with E-state index in [1.165, 1.54) is 4.90 Å². The first kappa shape index (κ1) is 21.4. The highest BCUT2D eigenvalue weighted by Gasteiger charge is 2.34. The molecule has 0 bridgehead atoms. The van der Waals surface area contributed by atoms with Crippen LogP contribution in [0.4, 0.5) is 13.2 Å². The summed E-state index contributed by atoms with van der Waals surface area (Å²) in [5, 5.41) is 9.04. The quantitative estimate of drug-likeness (QED) is 0.695. The van der Waals surface area contributed by atoms with Gasteiger partial charge in [-0.2, -0.15) is 18.3 Å². The number of halogens is 5. The SMILES string of the molecule is Cc1nn(Cc2ccccc2Cl)c(Cl)c1CNCC1CCN(CC(F)(F)F)C1. The van der Waals surface area contributed by atoms with Gasteiger partial charge in [0.25, 0.3) is 0 Å². The highest BCUT2D eigenvalue weighted by atomic mass is 35.5. The van der Waals surface area contributed by atoms with Crippen molar-refractivity contribution in [3.63, 3.8) is 0 Å². The van der Waals surface area contributed by atoms with Crippen molar-refractivity contribution < 1.29 is 13.2 Å². The Morgan fingerprint density at radius 1 is 1.25 bits per heavy atom.